The lowest BCUT2D eigenvalue weighted by molar-refractivity contribution is -0.0720. The molecule has 1 N–H and O–H groups in total. The lowest BCUT2D eigenvalue weighted by Gasteiger charge is -2.39. The summed E-state index contributed by atoms with van der Waals surface area (Å²) in [5.74, 6) is 1.47. The first-order valence-corrected chi connectivity index (χ1v) is 11.5. The van der Waals surface area contributed by atoms with Crippen LogP contribution in [-0.4, -0.2) is 60.7 Å². The van der Waals surface area contributed by atoms with E-state index in [4.69, 9.17) is 16.3 Å². The van der Waals surface area contributed by atoms with Crippen molar-refractivity contribution in [1.29, 1.82) is 0 Å². The number of nitrogens with one attached hydrogen (secondary N) is 1. The molecule has 0 saturated carbocycles. The Labute approximate surface area is 189 Å². The van der Waals surface area contributed by atoms with Crippen LogP contribution in [0.5, 0.6) is 0 Å². The standard InChI is InChI=1S/C24H31ClN4O2/c1-17-14-28(15-18(2)31-17)16-19-8-10-29(11-9-19)23-7-6-20(13-26-23)24(30)27-22-5-3-4-21(25)12-22/h3-7,12-13,17-19H,8-11,14-16H2,1-2H3,(H,27,30). The van der Waals surface area contributed by atoms with E-state index in [1.807, 2.05) is 24.3 Å². The van der Waals surface area contributed by atoms with Crippen molar-refractivity contribution >= 4 is 29.0 Å². The first-order chi connectivity index (χ1) is 15.0. The number of amides is 1. The molecule has 2 fully saturated rings. The molecule has 0 spiro atoms. The smallest absolute Gasteiger partial charge is 0.257 e. The van der Waals surface area contributed by atoms with Gasteiger partial charge in [-0.25, -0.2) is 4.98 Å². The van der Waals surface area contributed by atoms with E-state index in [-0.39, 0.29) is 5.91 Å². The van der Waals surface area contributed by atoms with Gasteiger partial charge in [0.15, 0.2) is 0 Å². The Morgan fingerprint density at radius 2 is 1.90 bits per heavy atom. The van der Waals surface area contributed by atoms with Crippen molar-refractivity contribution in [2.45, 2.75) is 38.9 Å². The first kappa shape index (κ1) is 22.1. The lowest BCUT2D eigenvalue weighted by atomic mass is 9.95. The van der Waals surface area contributed by atoms with E-state index < -0.39 is 0 Å². The van der Waals surface area contributed by atoms with Gasteiger partial charge in [-0.15, -0.1) is 0 Å². The van der Waals surface area contributed by atoms with Gasteiger partial charge in [-0.05, 0) is 62.9 Å². The van der Waals surface area contributed by atoms with Crippen molar-refractivity contribution in [3.05, 3.63) is 53.2 Å². The Hall–Kier alpha value is -2.15. The molecular formula is C24H31ClN4O2. The van der Waals surface area contributed by atoms with Gasteiger partial charge in [-0.2, -0.15) is 0 Å². The van der Waals surface area contributed by atoms with E-state index >= 15 is 0 Å². The Morgan fingerprint density at radius 3 is 2.55 bits per heavy atom. The molecule has 7 heteroatoms. The lowest BCUT2D eigenvalue weighted by Crippen LogP contribution is -2.48. The third kappa shape index (κ3) is 5.97. The topological polar surface area (TPSA) is 57.7 Å². The Balaban J connectivity index is 1.27. The Morgan fingerprint density at radius 1 is 1.16 bits per heavy atom. The number of pyridine rings is 1. The van der Waals surface area contributed by atoms with Crippen LogP contribution in [0.25, 0.3) is 0 Å². The van der Waals surface area contributed by atoms with Gasteiger partial charge in [0.25, 0.3) is 5.91 Å². The van der Waals surface area contributed by atoms with Gasteiger partial charge >= 0.3 is 0 Å². The number of ether oxygens (including phenoxy) is 1. The summed E-state index contributed by atoms with van der Waals surface area (Å²) in [6, 6.07) is 10.9. The molecule has 2 atom stereocenters. The summed E-state index contributed by atoms with van der Waals surface area (Å²) in [4.78, 5) is 21.9. The largest absolute Gasteiger partial charge is 0.373 e. The predicted octanol–water partition coefficient (Wildman–Crippen LogP) is 4.31. The highest BCUT2D eigenvalue weighted by Gasteiger charge is 2.27. The quantitative estimate of drug-likeness (QED) is 0.747. The van der Waals surface area contributed by atoms with E-state index in [1.165, 1.54) is 12.8 Å². The summed E-state index contributed by atoms with van der Waals surface area (Å²) in [5.41, 5.74) is 1.21. The van der Waals surface area contributed by atoms with Gasteiger partial charge in [0.2, 0.25) is 0 Å². The molecule has 1 aromatic carbocycles. The molecule has 31 heavy (non-hydrogen) atoms. The number of hydrogen-bond donors (Lipinski definition) is 1. The van der Waals surface area contributed by atoms with Crippen molar-refractivity contribution in [3.8, 4) is 0 Å². The van der Waals surface area contributed by atoms with Gasteiger partial charge < -0.3 is 15.0 Å². The minimum atomic E-state index is -0.186. The number of anilines is 2. The minimum Gasteiger partial charge on any atom is -0.373 e. The molecule has 166 valence electrons. The van der Waals surface area contributed by atoms with Gasteiger partial charge in [0.1, 0.15) is 5.82 Å². The van der Waals surface area contributed by atoms with E-state index in [0.717, 1.165) is 44.5 Å². The van der Waals surface area contributed by atoms with Gasteiger partial charge in [-0.1, -0.05) is 17.7 Å². The molecule has 2 unspecified atom stereocenters. The van der Waals surface area contributed by atoms with Gasteiger partial charge in [0, 0.05) is 49.6 Å². The first-order valence-electron chi connectivity index (χ1n) is 11.1. The highest BCUT2D eigenvalue weighted by Crippen LogP contribution is 2.24. The molecular weight excluding hydrogens is 412 g/mol. The Bertz CT molecular complexity index is 873. The highest BCUT2D eigenvalue weighted by molar-refractivity contribution is 6.30. The molecule has 0 bridgehead atoms. The van der Waals surface area contributed by atoms with Crippen molar-refractivity contribution in [3.63, 3.8) is 0 Å². The van der Waals surface area contributed by atoms with Crippen molar-refractivity contribution in [2.24, 2.45) is 5.92 Å². The van der Waals surface area contributed by atoms with Gasteiger partial charge in [0.05, 0.1) is 17.8 Å². The fourth-order valence-electron chi connectivity index (χ4n) is 4.62. The van der Waals surface area contributed by atoms with Crippen LogP contribution < -0.4 is 10.2 Å². The molecule has 3 heterocycles. The van der Waals surface area contributed by atoms with E-state index in [0.29, 0.717) is 28.5 Å². The molecule has 0 radical (unpaired) electrons. The zero-order valence-corrected chi connectivity index (χ0v) is 19.0. The third-order valence-corrected chi connectivity index (χ3v) is 6.28. The normalized spacial score (nSPS) is 23.0. The maximum atomic E-state index is 12.5. The van der Waals surface area contributed by atoms with E-state index in [2.05, 4.69) is 33.9 Å². The second kappa shape index (κ2) is 9.98. The van der Waals surface area contributed by atoms with E-state index in [1.54, 1.807) is 18.3 Å². The summed E-state index contributed by atoms with van der Waals surface area (Å²) in [6.45, 7) is 9.55. The number of piperidine rings is 1. The number of carbonyl (C=O) groups excluding carboxylic acids is 1. The number of nitrogens with zero attached hydrogens (tertiary/aromatic N) is 3. The Kier molecular flexibility index (Phi) is 7.10. The van der Waals surface area contributed by atoms with Crippen LogP contribution in [0.1, 0.15) is 37.0 Å². The van der Waals surface area contributed by atoms with Crippen LogP contribution in [-0.2, 0) is 4.74 Å². The van der Waals surface area contributed by atoms with Crippen LogP contribution in [0.3, 0.4) is 0 Å². The molecule has 2 aromatic rings. The van der Waals surface area contributed by atoms with Crippen LogP contribution in [0.2, 0.25) is 5.02 Å². The number of hydrogen-bond acceptors (Lipinski definition) is 5. The monoisotopic (exact) mass is 442 g/mol. The summed E-state index contributed by atoms with van der Waals surface area (Å²) in [7, 11) is 0. The minimum absolute atomic E-state index is 0.186. The summed E-state index contributed by atoms with van der Waals surface area (Å²) < 4.78 is 5.85. The molecule has 4 rings (SSSR count). The van der Waals surface area contributed by atoms with Crippen molar-refractivity contribution < 1.29 is 9.53 Å². The molecule has 0 aliphatic carbocycles. The zero-order chi connectivity index (χ0) is 21.8. The van der Waals surface area contributed by atoms with Crippen molar-refractivity contribution in [1.82, 2.24) is 9.88 Å². The fraction of sp³-hybridized carbons (Fsp3) is 0.500. The third-order valence-electron chi connectivity index (χ3n) is 6.04. The highest BCUT2D eigenvalue weighted by atomic mass is 35.5. The molecule has 6 nitrogen and oxygen atoms in total. The second-order valence-electron chi connectivity index (χ2n) is 8.78. The second-order valence-corrected chi connectivity index (χ2v) is 9.21. The SMILES string of the molecule is CC1CN(CC2CCN(c3ccc(C(=O)Nc4cccc(Cl)c4)cn3)CC2)CC(C)O1. The number of benzene rings is 1. The predicted molar refractivity (Wildman–Crippen MR) is 125 cm³/mol. The van der Waals surface area contributed by atoms with Crippen LogP contribution in [0.4, 0.5) is 11.5 Å². The maximum Gasteiger partial charge on any atom is 0.257 e. The summed E-state index contributed by atoms with van der Waals surface area (Å²) in [5, 5.41) is 3.45. The van der Waals surface area contributed by atoms with Crippen LogP contribution in [0.15, 0.2) is 42.6 Å². The number of aromatic nitrogens is 1. The zero-order valence-electron chi connectivity index (χ0n) is 18.3. The van der Waals surface area contributed by atoms with Crippen molar-refractivity contribution in [2.75, 3.05) is 42.9 Å². The number of halogens is 1. The average molecular weight is 443 g/mol. The van der Waals surface area contributed by atoms with Crippen LogP contribution in [0, 0.1) is 5.92 Å². The van der Waals surface area contributed by atoms with Crippen LogP contribution >= 0.6 is 11.6 Å². The maximum absolute atomic E-state index is 12.5. The fourth-order valence-corrected chi connectivity index (χ4v) is 4.81. The van der Waals surface area contributed by atoms with Gasteiger partial charge in [-0.3, -0.25) is 9.69 Å². The number of carbonyl (C=O) groups is 1. The molecule has 2 aliphatic heterocycles. The summed E-state index contributed by atoms with van der Waals surface area (Å²) in [6.07, 6.45) is 4.63. The molecule has 2 aliphatic rings. The number of rotatable bonds is 5. The number of morpholine rings is 1. The molecule has 1 aromatic heterocycles. The average Bonchev–Trinajstić information content (AvgIpc) is 2.74. The molecule has 1 amide bonds. The summed E-state index contributed by atoms with van der Waals surface area (Å²) >= 11 is 5.98. The molecule has 2 saturated heterocycles. The van der Waals surface area contributed by atoms with E-state index in [9.17, 15) is 4.79 Å².